The van der Waals surface area contributed by atoms with Gasteiger partial charge in [0.05, 0.1) is 0 Å². The Morgan fingerprint density at radius 2 is 1.57 bits per heavy atom. The van der Waals surface area contributed by atoms with Crippen LogP contribution in [0.15, 0.2) is 11.3 Å². The first-order valence-corrected chi connectivity index (χ1v) is 5.54. The van der Waals surface area contributed by atoms with Gasteiger partial charge in [0.1, 0.15) is 6.10 Å². The van der Waals surface area contributed by atoms with Crippen molar-refractivity contribution in [1.82, 2.24) is 0 Å². The van der Waals surface area contributed by atoms with Crippen molar-refractivity contribution in [3.8, 4) is 0 Å². The Balaban J connectivity index is 2.91. The van der Waals surface area contributed by atoms with Gasteiger partial charge in [0.2, 0.25) is 0 Å². The summed E-state index contributed by atoms with van der Waals surface area (Å²) in [5.74, 6) is 0.398. The van der Waals surface area contributed by atoms with Crippen LogP contribution in [0.2, 0.25) is 0 Å². The number of hydrogen-bond donors (Lipinski definition) is 0. The molecule has 0 spiro atoms. The van der Waals surface area contributed by atoms with Crippen LogP contribution in [0, 0.1) is 16.7 Å². The van der Waals surface area contributed by atoms with Gasteiger partial charge in [0, 0.05) is 5.92 Å². The monoisotopic (exact) mass is 216 g/mol. The molecule has 0 aliphatic carbocycles. The summed E-state index contributed by atoms with van der Waals surface area (Å²) in [6, 6.07) is 0. The van der Waals surface area contributed by atoms with E-state index in [1.807, 2.05) is 0 Å². The molecule has 0 saturated heterocycles. The van der Waals surface area contributed by atoms with Crippen molar-refractivity contribution in [1.29, 1.82) is 0 Å². The van der Waals surface area contributed by atoms with Gasteiger partial charge in [0.15, 0.2) is 5.22 Å². The summed E-state index contributed by atoms with van der Waals surface area (Å²) >= 11 is 5.95. The summed E-state index contributed by atoms with van der Waals surface area (Å²) in [5, 5.41) is 0.560. The van der Waals surface area contributed by atoms with Crippen LogP contribution in [0.25, 0.3) is 0 Å². The van der Waals surface area contributed by atoms with Crippen LogP contribution in [-0.4, -0.2) is 6.10 Å². The molecule has 0 bridgehead atoms. The lowest BCUT2D eigenvalue weighted by Gasteiger charge is -2.37. The molecule has 0 saturated carbocycles. The zero-order chi connectivity index (χ0) is 11.1. The first-order valence-electron chi connectivity index (χ1n) is 5.16. The summed E-state index contributed by atoms with van der Waals surface area (Å²) in [6.45, 7) is 13.3. The van der Waals surface area contributed by atoms with E-state index in [4.69, 9.17) is 16.3 Å². The van der Waals surface area contributed by atoms with Crippen LogP contribution in [0.3, 0.4) is 0 Å². The predicted octanol–water partition coefficient (Wildman–Crippen LogP) is 4.17. The number of halogens is 1. The highest BCUT2D eigenvalue weighted by molar-refractivity contribution is 6.28. The van der Waals surface area contributed by atoms with Crippen molar-refractivity contribution >= 4 is 11.6 Å². The van der Waals surface area contributed by atoms with Crippen LogP contribution in [0.1, 0.15) is 41.5 Å². The summed E-state index contributed by atoms with van der Waals surface area (Å²) in [6.07, 6.45) is 2.24. The molecule has 0 radical (unpaired) electrons. The Labute approximate surface area is 92.5 Å². The molecule has 1 aliphatic rings. The van der Waals surface area contributed by atoms with Crippen LogP contribution >= 0.6 is 11.6 Å². The smallest absolute Gasteiger partial charge is 0.183 e. The number of hydrogen-bond acceptors (Lipinski definition) is 1. The van der Waals surface area contributed by atoms with E-state index in [0.29, 0.717) is 11.1 Å². The van der Waals surface area contributed by atoms with E-state index in [-0.39, 0.29) is 16.9 Å². The molecule has 1 rings (SSSR count). The van der Waals surface area contributed by atoms with E-state index in [9.17, 15) is 0 Å². The second kappa shape index (κ2) is 3.44. The van der Waals surface area contributed by atoms with E-state index >= 15 is 0 Å². The highest BCUT2D eigenvalue weighted by Gasteiger charge is 2.43. The molecule has 0 amide bonds. The SMILES string of the molecule is CC(C)(C)C1C=C(Cl)OC1C(C)(C)C. The second-order valence-electron chi connectivity index (χ2n) is 6.27. The fourth-order valence-electron chi connectivity index (χ4n) is 1.88. The van der Waals surface area contributed by atoms with Gasteiger partial charge in [0.25, 0.3) is 0 Å². The zero-order valence-electron chi connectivity index (χ0n) is 10.0. The summed E-state index contributed by atoms with van der Waals surface area (Å²) in [7, 11) is 0. The van der Waals surface area contributed by atoms with Crippen LogP contribution in [0.4, 0.5) is 0 Å². The fourth-order valence-corrected chi connectivity index (χ4v) is 2.11. The average molecular weight is 217 g/mol. The molecule has 0 fully saturated rings. The van der Waals surface area contributed by atoms with Gasteiger partial charge in [-0.2, -0.15) is 0 Å². The van der Waals surface area contributed by atoms with Crippen LogP contribution in [-0.2, 0) is 4.74 Å². The number of ether oxygens (including phenoxy) is 1. The van der Waals surface area contributed by atoms with Crippen molar-refractivity contribution in [2.45, 2.75) is 47.6 Å². The van der Waals surface area contributed by atoms with Gasteiger partial charge in [-0.1, -0.05) is 41.5 Å². The van der Waals surface area contributed by atoms with E-state index in [1.165, 1.54) is 0 Å². The summed E-state index contributed by atoms with van der Waals surface area (Å²) < 4.78 is 5.69. The molecular weight excluding hydrogens is 196 g/mol. The molecular formula is C12H21ClO. The van der Waals surface area contributed by atoms with Crippen molar-refractivity contribution in [3.63, 3.8) is 0 Å². The Morgan fingerprint density at radius 3 is 1.86 bits per heavy atom. The third-order valence-electron chi connectivity index (χ3n) is 2.73. The van der Waals surface area contributed by atoms with Crippen molar-refractivity contribution in [3.05, 3.63) is 11.3 Å². The molecule has 2 heteroatoms. The minimum Gasteiger partial charge on any atom is -0.479 e. The summed E-state index contributed by atoms with van der Waals surface area (Å²) in [5.41, 5.74) is 0.333. The minimum absolute atomic E-state index is 0.130. The van der Waals surface area contributed by atoms with E-state index in [0.717, 1.165) is 0 Å². The van der Waals surface area contributed by atoms with E-state index < -0.39 is 0 Å². The van der Waals surface area contributed by atoms with E-state index in [2.05, 4.69) is 47.6 Å². The van der Waals surface area contributed by atoms with Gasteiger partial charge in [-0.05, 0) is 28.5 Å². The number of rotatable bonds is 0. The van der Waals surface area contributed by atoms with Gasteiger partial charge in [-0.3, -0.25) is 0 Å². The molecule has 0 aromatic heterocycles. The molecule has 2 unspecified atom stereocenters. The maximum atomic E-state index is 5.95. The fraction of sp³-hybridized carbons (Fsp3) is 0.833. The van der Waals surface area contributed by atoms with Crippen LogP contribution in [0.5, 0.6) is 0 Å². The summed E-state index contributed by atoms with van der Waals surface area (Å²) in [4.78, 5) is 0. The van der Waals surface area contributed by atoms with Gasteiger partial charge in [-0.15, -0.1) is 0 Å². The third-order valence-corrected chi connectivity index (χ3v) is 2.94. The normalized spacial score (nSPS) is 28.6. The lowest BCUT2D eigenvalue weighted by atomic mass is 9.71. The Kier molecular flexibility index (Phi) is 2.93. The highest BCUT2D eigenvalue weighted by atomic mass is 35.5. The molecule has 2 atom stereocenters. The molecule has 1 nitrogen and oxygen atoms in total. The van der Waals surface area contributed by atoms with Crippen molar-refractivity contribution < 1.29 is 4.74 Å². The van der Waals surface area contributed by atoms with Crippen molar-refractivity contribution in [2.24, 2.45) is 16.7 Å². The maximum Gasteiger partial charge on any atom is 0.183 e. The Morgan fingerprint density at radius 1 is 1.07 bits per heavy atom. The quantitative estimate of drug-likeness (QED) is 0.591. The van der Waals surface area contributed by atoms with Crippen molar-refractivity contribution in [2.75, 3.05) is 0 Å². The standard InChI is InChI=1S/C12H21ClO/c1-11(2,3)8-7-9(13)14-10(8)12(4,5)6/h7-8,10H,1-6H3. The third kappa shape index (κ3) is 2.44. The first-order chi connectivity index (χ1) is 6.12. The van der Waals surface area contributed by atoms with Gasteiger partial charge < -0.3 is 4.74 Å². The molecule has 0 N–H and O–H groups in total. The van der Waals surface area contributed by atoms with E-state index in [1.54, 1.807) is 0 Å². The minimum atomic E-state index is 0.130. The lowest BCUT2D eigenvalue weighted by Crippen LogP contribution is -2.38. The average Bonchev–Trinajstić information content (AvgIpc) is 2.27. The van der Waals surface area contributed by atoms with Crippen LogP contribution < -0.4 is 0 Å². The Bertz CT molecular complexity index is 242. The second-order valence-corrected chi connectivity index (χ2v) is 6.64. The van der Waals surface area contributed by atoms with Gasteiger partial charge >= 0.3 is 0 Å². The molecule has 14 heavy (non-hydrogen) atoms. The lowest BCUT2D eigenvalue weighted by molar-refractivity contribution is -0.00162. The molecule has 0 aromatic carbocycles. The topological polar surface area (TPSA) is 9.23 Å². The molecule has 1 aliphatic heterocycles. The first kappa shape index (κ1) is 11.9. The largest absolute Gasteiger partial charge is 0.479 e. The van der Waals surface area contributed by atoms with Gasteiger partial charge in [-0.25, -0.2) is 0 Å². The Hall–Kier alpha value is -0.170. The highest BCUT2D eigenvalue weighted by Crippen LogP contribution is 2.45. The molecule has 1 heterocycles. The zero-order valence-corrected chi connectivity index (χ0v) is 10.8. The maximum absolute atomic E-state index is 5.95. The molecule has 0 aromatic rings. The predicted molar refractivity (Wildman–Crippen MR) is 61.2 cm³/mol. The molecule has 82 valence electrons.